The van der Waals surface area contributed by atoms with Crippen molar-refractivity contribution in [2.45, 2.75) is 33.2 Å². The van der Waals surface area contributed by atoms with Crippen molar-refractivity contribution >= 4 is 23.3 Å². The molecule has 144 valence electrons. The van der Waals surface area contributed by atoms with Gasteiger partial charge in [-0.25, -0.2) is 4.79 Å². The number of aryl methyl sites for hydroxylation is 2. The number of halogens is 1. The average Bonchev–Trinajstić information content (AvgIpc) is 2.64. The minimum absolute atomic E-state index is 0.120. The lowest BCUT2D eigenvalue weighted by Gasteiger charge is -2.32. The molecule has 1 fully saturated rings. The Kier molecular flexibility index (Phi) is 6.75. The third-order valence-electron chi connectivity index (χ3n) is 5.19. The molecule has 0 atom stereocenters. The van der Waals surface area contributed by atoms with Gasteiger partial charge in [-0.1, -0.05) is 35.9 Å². The van der Waals surface area contributed by atoms with Crippen LogP contribution in [0.15, 0.2) is 42.5 Å². The first-order chi connectivity index (χ1) is 13.0. The van der Waals surface area contributed by atoms with Gasteiger partial charge in [-0.15, -0.1) is 0 Å². The number of rotatable bonds is 5. The van der Waals surface area contributed by atoms with Crippen LogP contribution in [0.4, 0.5) is 10.5 Å². The second-order valence-corrected chi connectivity index (χ2v) is 7.94. The van der Waals surface area contributed by atoms with Crippen molar-refractivity contribution < 1.29 is 4.79 Å². The summed E-state index contributed by atoms with van der Waals surface area (Å²) in [5.41, 5.74) is 4.35. The van der Waals surface area contributed by atoms with Crippen LogP contribution in [0, 0.1) is 19.8 Å². The van der Waals surface area contributed by atoms with Crippen LogP contribution in [0.5, 0.6) is 0 Å². The van der Waals surface area contributed by atoms with Crippen LogP contribution in [-0.2, 0) is 6.54 Å². The normalized spacial score (nSPS) is 15.5. The predicted octanol–water partition coefficient (Wildman–Crippen LogP) is 4.99. The van der Waals surface area contributed by atoms with Crippen molar-refractivity contribution in [1.29, 1.82) is 0 Å². The lowest BCUT2D eigenvalue weighted by molar-refractivity contribution is 0.176. The Bertz CT molecular complexity index is 785. The van der Waals surface area contributed by atoms with Crippen molar-refractivity contribution in [3.63, 3.8) is 0 Å². The summed E-state index contributed by atoms with van der Waals surface area (Å²) in [5, 5.41) is 6.79. The molecule has 0 unspecified atom stereocenters. The lowest BCUT2D eigenvalue weighted by atomic mass is 9.96. The number of hydrogen-bond donors (Lipinski definition) is 2. The molecule has 0 spiro atoms. The van der Waals surface area contributed by atoms with Crippen LogP contribution in [-0.4, -0.2) is 30.6 Å². The topological polar surface area (TPSA) is 44.4 Å². The van der Waals surface area contributed by atoms with Gasteiger partial charge in [-0.2, -0.15) is 0 Å². The number of likely N-dealkylation sites (tertiary alicyclic amines) is 1. The van der Waals surface area contributed by atoms with Gasteiger partial charge >= 0.3 is 6.03 Å². The summed E-state index contributed by atoms with van der Waals surface area (Å²) < 4.78 is 0. The predicted molar refractivity (Wildman–Crippen MR) is 112 cm³/mol. The maximum atomic E-state index is 12.2. The van der Waals surface area contributed by atoms with E-state index in [0.717, 1.165) is 60.9 Å². The summed E-state index contributed by atoms with van der Waals surface area (Å²) in [6, 6.07) is 14.0. The number of piperidine rings is 1. The van der Waals surface area contributed by atoms with Gasteiger partial charge in [0.25, 0.3) is 0 Å². The summed E-state index contributed by atoms with van der Waals surface area (Å²) in [7, 11) is 0. The third-order valence-corrected chi connectivity index (χ3v) is 5.43. The number of nitrogens with zero attached hydrogens (tertiary/aromatic N) is 1. The van der Waals surface area contributed by atoms with Crippen LogP contribution in [0.1, 0.15) is 29.5 Å². The molecule has 27 heavy (non-hydrogen) atoms. The molecule has 2 aromatic rings. The monoisotopic (exact) mass is 385 g/mol. The van der Waals surface area contributed by atoms with E-state index in [1.807, 2.05) is 44.2 Å². The van der Waals surface area contributed by atoms with E-state index in [-0.39, 0.29) is 6.03 Å². The molecule has 0 aromatic heterocycles. The highest BCUT2D eigenvalue weighted by Crippen LogP contribution is 2.20. The van der Waals surface area contributed by atoms with Crippen LogP contribution in [0.2, 0.25) is 5.02 Å². The van der Waals surface area contributed by atoms with Gasteiger partial charge in [-0.05, 0) is 80.6 Å². The van der Waals surface area contributed by atoms with Gasteiger partial charge < -0.3 is 10.6 Å². The van der Waals surface area contributed by atoms with E-state index in [0.29, 0.717) is 5.92 Å². The van der Waals surface area contributed by atoms with E-state index in [2.05, 4.69) is 27.7 Å². The zero-order chi connectivity index (χ0) is 19.2. The largest absolute Gasteiger partial charge is 0.338 e. The number of anilines is 1. The van der Waals surface area contributed by atoms with E-state index in [1.54, 1.807) is 0 Å². The van der Waals surface area contributed by atoms with Gasteiger partial charge in [0.15, 0.2) is 0 Å². The SMILES string of the molecule is Cc1ccc(C)c(NC(=O)NCC2CCN(Cc3cccc(Cl)c3)CC2)c1. The number of urea groups is 1. The Morgan fingerprint density at radius 3 is 2.67 bits per heavy atom. The maximum absolute atomic E-state index is 12.2. The second-order valence-electron chi connectivity index (χ2n) is 7.50. The smallest absolute Gasteiger partial charge is 0.319 e. The van der Waals surface area contributed by atoms with E-state index in [9.17, 15) is 4.79 Å². The van der Waals surface area contributed by atoms with E-state index in [4.69, 9.17) is 11.6 Å². The van der Waals surface area contributed by atoms with Gasteiger partial charge in [0.2, 0.25) is 0 Å². The standard InChI is InChI=1S/C22H28ClN3O/c1-16-6-7-17(2)21(12-16)25-22(27)24-14-18-8-10-26(11-9-18)15-19-4-3-5-20(23)13-19/h3-7,12-13,18H,8-11,14-15H2,1-2H3,(H2,24,25,27). The van der Waals surface area contributed by atoms with Crippen molar-refractivity contribution in [2.24, 2.45) is 5.92 Å². The zero-order valence-electron chi connectivity index (χ0n) is 16.1. The number of hydrogen-bond acceptors (Lipinski definition) is 2. The minimum Gasteiger partial charge on any atom is -0.338 e. The average molecular weight is 386 g/mol. The number of carbonyl (C=O) groups excluding carboxylic acids is 1. The highest BCUT2D eigenvalue weighted by Gasteiger charge is 2.20. The fourth-order valence-corrected chi connectivity index (χ4v) is 3.73. The lowest BCUT2D eigenvalue weighted by Crippen LogP contribution is -2.39. The first-order valence-electron chi connectivity index (χ1n) is 9.58. The Labute approximate surface area is 166 Å². The van der Waals surface area contributed by atoms with Crippen molar-refractivity contribution in [3.05, 3.63) is 64.2 Å². The number of benzene rings is 2. The number of nitrogens with one attached hydrogen (secondary N) is 2. The fourth-order valence-electron chi connectivity index (χ4n) is 3.52. The molecule has 0 aliphatic carbocycles. The molecule has 0 saturated carbocycles. The Morgan fingerprint density at radius 1 is 1.15 bits per heavy atom. The molecular weight excluding hydrogens is 358 g/mol. The molecule has 1 heterocycles. The third kappa shape index (κ3) is 5.98. The van der Waals surface area contributed by atoms with Crippen LogP contribution >= 0.6 is 11.6 Å². The number of amides is 2. The van der Waals surface area contributed by atoms with E-state index < -0.39 is 0 Å². The summed E-state index contributed by atoms with van der Waals surface area (Å²) in [6.07, 6.45) is 2.20. The van der Waals surface area contributed by atoms with Crippen LogP contribution in [0.25, 0.3) is 0 Å². The molecule has 3 rings (SSSR count). The zero-order valence-corrected chi connectivity index (χ0v) is 16.9. The number of carbonyl (C=O) groups is 1. The molecule has 2 amide bonds. The maximum Gasteiger partial charge on any atom is 0.319 e. The first-order valence-corrected chi connectivity index (χ1v) is 9.96. The molecule has 1 aliphatic rings. The fraction of sp³-hybridized carbons (Fsp3) is 0.409. The van der Waals surface area contributed by atoms with Gasteiger partial charge in [0.1, 0.15) is 0 Å². The Hall–Kier alpha value is -2.04. The van der Waals surface area contributed by atoms with E-state index in [1.165, 1.54) is 5.56 Å². The molecule has 4 nitrogen and oxygen atoms in total. The summed E-state index contributed by atoms with van der Waals surface area (Å²) in [4.78, 5) is 14.7. The molecule has 2 aromatic carbocycles. The Morgan fingerprint density at radius 2 is 1.93 bits per heavy atom. The first kappa shape index (κ1) is 19.7. The molecular formula is C22H28ClN3O. The minimum atomic E-state index is -0.120. The van der Waals surface area contributed by atoms with Gasteiger partial charge in [-0.3, -0.25) is 4.90 Å². The molecule has 2 N–H and O–H groups in total. The summed E-state index contributed by atoms with van der Waals surface area (Å²) in [6.45, 7) is 7.80. The van der Waals surface area contributed by atoms with Crippen molar-refractivity contribution in [1.82, 2.24) is 10.2 Å². The van der Waals surface area contributed by atoms with Gasteiger partial charge in [0, 0.05) is 23.8 Å². The summed E-state index contributed by atoms with van der Waals surface area (Å²) >= 11 is 6.07. The van der Waals surface area contributed by atoms with Crippen LogP contribution in [0.3, 0.4) is 0 Å². The van der Waals surface area contributed by atoms with E-state index >= 15 is 0 Å². The highest BCUT2D eigenvalue weighted by molar-refractivity contribution is 6.30. The second kappa shape index (κ2) is 9.25. The van der Waals surface area contributed by atoms with Gasteiger partial charge in [0.05, 0.1) is 0 Å². The molecule has 0 radical (unpaired) electrons. The van der Waals surface area contributed by atoms with Crippen molar-refractivity contribution in [3.8, 4) is 0 Å². The van der Waals surface area contributed by atoms with Crippen LogP contribution < -0.4 is 10.6 Å². The van der Waals surface area contributed by atoms with Crippen molar-refractivity contribution in [2.75, 3.05) is 25.0 Å². The molecule has 0 bridgehead atoms. The molecule has 5 heteroatoms. The highest BCUT2D eigenvalue weighted by atomic mass is 35.5. The summed E-state index contributed by atoms with van der Waals surface area (Å²) in [5.74, 6) is 0.532. The quantitative estimate of drug-likeness (QED) is 0.761. The molecule has 1 saturated heterocycles. The Balaban J connectivity index is 1.40. The molecule has 1 aliphatic heterocycles.